The summed E-state index contributed by atoms with van der Waals surface area (Å²) >= 11 is 7.70. The lowest BCUT2D eigenvalue weighted by molar-refractivity contribution is -0.115. The van der Waals surface area contributed by atoms with Gasteiger partial charge in [-0.2, -0.15) is 0 Å². The van der Waals surface area contributed by atoms with Crippen molar-refractivity contribution in [2.75, 3.05) is 13.7 Å². The van der Waals surface area contributed by atoms with Crippen molar-refractivity contribution in [3.05, 3.63) is 51.9 Å². The third-order valence-electron chi connectivity index (χ3n) is 4.47. The van der Waals surface area contributed by atoms with Gasteiger partial charge in [0.2, 0.25) is 0 Å². The van der Waals surface area contributed by atoms with Crippen LogP contribution in [0.5, 0.6) is 17.2 Å². The lowest BCUT2D eigenvalue weighted by Crippen LogP contribution is -2.19. The number of nitrogens with one attached hydrogen (secondary N) is 1. The van der Waals surface area contributed by atoms with Gasteiger partial charge in [0.25, 0.3) is 5.91 Å². The van der Waals surface area contributed by atoms with Crippen LogP contribution in [0.1, 0.15) is 32.8 Å². The number of hydrogen-bond acceptors (Lipinski definition) is 6. The Hall–Kier alpha value is -2.64. The Kier molecular flexibility index (Phi) is 7.87. The molecule has 2 aromatic rings. The van der Waals surface area contributed by atoms with Gasteiger partial charge in [-0.3, -0.25) is 4.79 Å². The molecule has 1 atom stereocenters. The number of amides is 1. The summed E-state index contributed by atoms with van der Waals surface area (Å²) in [5.74, 6) is 1.58. The molecule has 164 valence electrons. The summed E-state index contributed by atoms with van der Waals surface area (Å²) in [5.41, 5.74) is 1.46. The van der Waals surface area contributed by atoms with E-state index in [9.17, 15) is 4.79 Å². The molecule has 8 heteroatoms. The number of benzene rings is 2. The first-order chi connectivity index (χ1) is 14.9. The number of amidine groups is 1. The minimum absolute atomic E-state index is 0.00754. The number of ether oxygens (including phenoxy) is 3. The molecule has 6 nitrogen and oxygen atoms in total. The Labute approximate surface area is 191 Å². The van der Waals surface area contributed by atoms with E-state index in [-0.39, 0.29) is 12.0 Å². The standard InChI is InChI=1S/C23H25ClN2O4S/c1-5-14(3)30-21-18(24)11-15(12-19(21)28-4)13-20-22(27)26-23(31-20)25-16-7-9-17(10-8-16)29-6-2/h7-14H,5-6H2,1-4H3,(H,25,26,27)/b20-13+/t14-/m0/s1. The van der Waals surface area contributed by atoms with Gasteiger partial charge in [0.05, 0.1) is 35.4 Å². The molecule has 2 aromatic carbocycles. The van der Waals surface area contributed by atoms with E-state index in [2.05, 4.69) is 10.3 Å². The fourth-order valence-electron chi connectivity index (χ4n) is 2.75. The molecule has 0 aromatic heterocycles. The Morgan fingerprint density at radius 2 is 1.97 bits per heavy atom. The molecule has 1 amide bonds. The van der Waals surface area contributed by atoms with Crippen LogP contribution >= 0.6 is 23.4 Å². The van der Waals surface area contributed by atoms with Crippen LogP contribution in [0.2, 0.25) is 5.02 Å². The zero-order chi connectivity index (χ0) is 22.4. The molecule has 1 fully saturated rings. The van der Waals surface area contributed by atoms with Gasteiger partial charge >= 0.3 is 0 Å². The Bertz CT molecular complexity index is 1010. The topological polar surface area (TPSA) is 69.2 Å². The number of rotatable bonds is 8. The summed E-state index contributed by atoms with van der Waals surface area (Å²) in [6.45, 7) is 6.54. The predicted molar refractivity (Wildman–Crippen MR) is 127 cm³/mol. The molecule has 1 aliphatic heterocycles. The smallest absolute Gasteiger partial charge is 0.264 e. The van der Waals surface area contributed by atoms with Crippen LogP contribution < -0.4 is 19.5 Å². The Balaban J connectivity index is 1.80. The highest BCUT2D eigenvalue weighted by Gasteiger charge is 2.24. The maximum absolute atomic E-state index is 12.4. The van der Waals surface area contributed by atoms with Crippen molar-refractivity contribution in [3.63, 3.8) is 0 Å². The fourth-order valence-corrected chi connectivity index (χ4v) is 3.86. The summed E-state index contributed by atoms with van der Waals surface area (Å²) in [6.07, 6.45) is 2.61. The van der Waals surface area contributed by atoms with Crippen molar-refractivity contribution in [2.24, 2.45) is 4.99 Å². The van der Waals surface area contributed by atoms with E-state index in [1.165, 1.54) is 11.8 Å². The quantitative estimate of drug-likeness (QED) is 0.503. The second-order valence-electron chi connectivity index (χ2n) is 6.78. The molecule has 1 heterocycles. The SMILES string of the molecule is CCOc1ccc(N=C2NC(=O)/C(=C\c3cc(Cl)c(O[C@@H](C)CC)c(OC)c3)S2)cc1. The van der Waals surface area contributed by atoms with E-state index in [0.717, 1.165) is 23.4 Å². The second kappa shape index (κ2) is 10.6. The predicted octanol–water partition coefficient (Wildman–Crippen LogP) is 5.82. The molecule has 1 aliphatic rings. The van der Waals surface area contributed by atoms with Crippen LogP contribution in [0.4, 0.5) is 5.69 Å². The maximum Gasteiger partial charge on any atom is 0.264 e. The first-order valence-electron chi connectivity index (χ1n) is 10.00. The van der Waals surface area contributed by atoms with Gasteiger partial charge in [-0.25, -0.2) is 4.99 Å². The van der Waals surface area contributed by atoms with E-state index < -0.39 is 0 Å². The van der Waals surface area contributed by atoms with Crippen LogP contribution in [0.25, 0.3) is 6.08 Å². The number of nitrogens with zero attached hydrogens (tertiary/aromatic N) is 1. The third kappa shape index (κ3) is 5.95. The molecular formula is C23H25ClN2O4S. The number of aliphatic imine (C=N–C) groups is 1. The zero-order valence-corrected chi connectivity index (χ0v) is 19.5. The van der Waals surface area contributed by atoms with Crippen molar-refractivity contribution >= 4 is 46.2 Å². The van der Waals surface area contributed by atoms with Crippen molar-refractivity contribution in [2.45, 2.75) is 33.3 Å². The maximum atomic E-state index is 12.4. The van der Waals surface area contributed by atoms with Gasteiger partial charge in [-0.1, -0.05) is 18.5 Å². The normalized spacial score (nSPS) is 17.0. The zero-order valence-electron chi connectivity index (χ0n) is 17.9. The number of carbonyl (C=O) groups is 1. The molecule has 0 saturated carbocycles. The molecule has 0 aliphatic carbocycles. The number of halogens is 1. The Morgan fingerprint density at radius 1 is 1.23 bits per heavy atom. The van der Waals surface area contributed by atoms with Crippen molar-refractivity contribution in [1.82, 2.24) is 5.32 Å². The first-order valence-corrected chi connectivity index (χ1v) is 11.2. The second-order valence-corrected chi connectivity index (χ2v) is 8.22. The van der Waals surface area contributed by atoms with Crippen molar-refractivity contribution in [1.29, 1.82) is 0 Å². The molecule has 0 spiro atoms. The van der Waals surface area contributed by atoms with Gasteiger partial charge in [0, 0.05) is 0 Å². The lowest BCUT2D eigenvalue weighted by Gasteiger charge is -2.17. The molecule has 31 heavy (non-hydrogen) atoms. The molecule has 3 rings (SSSR count). The van der Waals surface area contributed by atoms with Crippen molar-refractivity contribution < 1.29 is 19.0 Å². The van der Waals surface area contributed by atoms with E-state index >= 15 is 0 Å². The fraction of sp³-hybridized carbons (Fsp3) is 0.304. The largest absolute Gasteiger partial charge is 0.494 e. The average molecular weight is 461 g/mol. The molecule has 1 N–H and O–H groups in total. The summed E-state index contributed by atoms with van der Waals surface area (Å²) in [6, 6.07) is 10.9. The average Bonchev–Trinajstić information content (AvgIpc) is 3.09. The van der Waals surface area contributed by atoms with Gasteiger partial charge in [0.15, 0.2) is 16.7 Å². The number of hydrogen-bond donors (Lipinski definition) is 1. The minimum Gasteiger partial charge on any atom is -0.494 e. The number of methoxy groups -OCH3 is 1. The summed E-state index contributed by atoms with van der Waals surface area (Å²) in [5, 5.41) is 3.72. The summed E-state index contributed by atoms with van der Waals surface area (Å²) in [7, 11) is 1.56. The van der Waals surface area contributed by atoms with Gasteiger partial charge < -0.3 is 19.5 Å². The minimum atomic E-state index is -0.218. The molecular weight excluding hydrogens is 436 g/mol. The van der Waals surface area contributed by atoms with Gasteiger partial charge in [0.1, 0.15) is 5.75 Å². The molecule has 1 saturated heterocycles. The number of carbonyl (C=O) groups excluding carboxylic acids is 1. The first kappa shape index (κ1) is 23.0. The monoisotopic (exact) mass is 460 g/mol. The molecule has 0 bridgehead atoms. The van der Waals surface area contributed by atoms with Crippen LogP contribution in [0.3, 0.4) is 0 Å². The van der Waals surface area contributed by atoms with Gasteiger partial charge in [-0.15, -0.1) is 0 Å². The van der Waals surface area contributed by atoms with Gasteiger partial charge in [-0.05, 0) is 80.1 Å². The summed E-state index contributed by atoms with van der Waals surface area (Å²) < 4.78 is 16.8. The van der Waals surface area contributed by atoms with E-state index in [1.807, 2.05) is 45.0 Å². The molecule has 0 unspecified atom stereocenters. The third-order valence-corrected chi connectivity index (χ3v) is 5.66. The lowest BCUT2D eigenvalue weighted by atomic mass is 10.1. The van der Waals surface area contributed by atoms with E-state index in [1.54, 1.807) is 25.3 Å². The van der Waals surface area contributed by atoms with Crippen LogP contribution in [-0.2, 0) is 4.79 Å². The highest BCUT2D eigenvalue weighted by atomic mass is 35.5. The number of thioether (sulfide) groups is 1. The van der Waals surface area contributed by atoms with E-state index in [0.29, 0.717) is 33.2 Å². The van der Waals surface area contributed by atoms with E-state index in [4.69, 9.17) is 25.8 Å². The highest BCUT2D eigenvalue weighted by molar-refractivity contribution is 8.18. The van der Waals surface area contributed by atoms with Crippen LogP contribution in [0.15, 0.2) is 46.3 Å². The molecule has 0 radical (unpaired) electrons. The Morgan fingerprint density at radius 3 is 2.61 bits per heavy atom. The van der Waals surface area contributed by atoms with Crippen molar-refractivity contribution in [3.8, 4) is 17.2 Å². The highest BCUT2D eigenvalue weighted by Crippen LogP contribution is 2.39. The van der Waals surface area contributed by atoms with Crippen LogP contribution in [0, 0.1) is 0 Å². The van der Waals surface area contributed by atoms with Crippen LogP contribution in [-0.4, -0.2) is 30.9 Å². The summed E-state index contributed by atoms with van der Waals surface area (Å²) in [4.78, 5) is 17.4.